The molecule has 0 saturated heterocycles. The first-order valence-electron chi connectivity index (χ1n) is 6.33. The molecule has 1 aromatic carbocycles. The van der Waals surface area contributed by atoms with Crippen molar-refractivity contribution in [2.45, 2.75) is 19.8 Å². The molecule has 0 spiro atoms. The summed E-state index contributed by atoms with van der Waals surface area (Å²) in [6.45, 7) is 3.64. The van der Waals surface area contributed by atoms with E-state index in [9.17, 15) is 9.18 Å². The fraction of sp³-hybridized carbons (Fsp3) is 0.357. The van der Waals surface area contributed by atoms with E-state index in [1.54, 1.807) is 39.1 Å². The molecule has 2 rings (SSSR count). The van der Waals surface area contributed by atoms with Crippen LogP contribution in [0.1, 0.15) is 30.1 Å². The molecule has 0 aliphatic heterocycles. The van der Waals surface area contributed by atoms with Gasteiger partial charge in [-0.3, -0.25) is 9.48 Å². The van der Waals surface area contributed by atoms with Crippen LogP contribution in [0.2, 0.25) is 0 Å². The number of ether oxygens (including phenoxy) is 1. The van der Waals surface area contributed by atoms with E-state index in [2.05, 4.69) is 10.1 Å². The van der Waals surface area contributed by atoms with Gasteiger partial charge in [-0.05, 0) is 19.9 Å². The predicted octanol–water partition coefficient (Wildman–Crippen LogP) is 1.96. The van der Waals surface area contributed by atoms with Crippen molar-refractivity contribution >= 4 is 5.97 Å². The first kappa shape index (κ1) is 14.2. The lowest BCUT2D eigenvalue weighted by Gasteiger charge is -2.15. The third-order valence-electron chi connectivity index (χ3n) is 2.90. The summed E-state index contributed by atoms with van der Waals surface area (Å²) in [4.78, 5) is 16.4. The standard InChI is InChI=1S/C14H16FN3O2/c1-4-20-14(19)12(10-7-5-6-8-11(10)15)13-16-9(2)17-18(13)3/h5-8,12H,4H2,1-3H3. The van der Waals surface area contributed by atoms with E-state index in [0.29, 0.717) is 11.6 Å². The zero-order valence-corrected chi connectivity index (χ0v) is 11.6. The van der Waals surface area contributed by atoms with Crippen LogP contribution in [0.4, 0.5) is 4.39 Å². The predicted molar refractivity (Wildman–Crippen MR) is 70.6 cm³/mol. The highest BCUT2D eigenvalue weighted by Gasteiger charge is 2.31. The van der Waals surface area contributed by atoms with Crippen LogP contribution in [0, 0.1) is 12.7 Å². The van der Waals surface area contributed by atoms with Gasteiger partial charge in [0.15, 0.2) is 0 Å². The molecule has 0 radical (unpaired) electrons. The maximum Gasteiger partial charge on any atom is 0.321 e. The number of hydrogen-bond donors (Lipinski definition) is 0. The zero-order valence-electron chi connectivity index (χ0n) is 11.6. The molecule has 1 heterocycles. The number of aryl methyl sites for hydroxylation is 2. The number of carbonyl (C=O) groups excluding carboxylic acids is 1. The molecule has 6 heteroatoms. The Bertz CT molecular complexity index is 625. The average Bonchev–Trinajstić information content (AvgIpc) is 2.72. The number of carbonyl (C=O) groups is 1. The van der Waals surface area contributed by atoms with Gasteiger partial charge in [-0.15, -0.1) is 0 Å². The van der Waals surface area contributed by atoms with Crippen molar-refractivity contribution in [2.24, 2.45) is 7.05 Å². The lowest BCUT2D eigenvalue weighted by atomic mass is 9.97. The molecule has 0 N–H and O–H groups in total. The number of rotatable bonds is 4. The molecule has 5 nitrogen and oxygen atoms in total. The molecule has 1 aromatic heterocycles. The Morgan fingerprint density at radius 3 is 2.70 bits per heavy atom. The Kier molecular flexibility index (Phi) is 4.12. The van der Waals surface area contributed by atoms with E-state index in [1.807, 2.05) is 0 Å². The molecule has 2 aromatic rings. The highest BCUT2D eigenvalue weighted by molar-refractivity contribution is 5.81. The third-order valence-corrected chi connectivity index (χ3v) is 2.90. The van der Waals surface area contributed by atoms with Crippen molar-refractivity contribution in [1.82, 2.24) is 14.8 Å². The van der Waals surface area contributed by atoms with E-state index in [-0.39, 0.29) is 12.2 Å². The third kappa shape index (κ3) is 2.68. The number of benzene rings is 1. The maximum absolute atomic E-state index is 14.0. The zero-order chi connectivity index (χ0) is 14.7. The molecule has 0 aliphatic rings. The Labute approximate surface area is 116 Å². The fourth-order valence-electron chi connectivity index (χ4n) is 2.09. The van der Waals surface area contributed by atoms with Gasteiger partial charge in [-0.2, -0.15) is 5.10 Å². The van der Waals surface area contributed by atoms with Crippen LogP contribution in [0.15, 0.2) is 24.3 Å². The second-order valence-electron chi connectivity index (χ2n) is 4.35. The Morgan fingerprint density at radius 2 is 2.15 bits per heavy atom. The van der Waals surface area contributed by atoms with Crippen LogP contribution >= 0.6 is 0 Å². The summed E-state index contributed by atoms with van der Waals surface area (Å²) in [6, 6.07) is 6.11. The fourth-order valence-corrected chi connectivity index (χ4v) is 2.09. The second-order valence-corrected chi connectivity index (χ2v) is 4.35. The minimum Gasteiger partial charge on any atom is -0.465 e. The first-order chi connectivity index (χ1) is 9.54. The lowest BCUT2D eigenvalue weighted by Crippen LogP contribution is -2.21. The number of aromatic nitrogens is 3. The summed E-state index contributed by atoms with van der Waals surface area (Å²) in [7, 11) is 1.67. The number of hydrogen-bond acceptors (Lipinski definition) is 4. The van der Waals surface area contributed by atoms with Crippen LogP contribution < -0.4 is 0 Å². The van der Waals surface area contributed by atoms with Gasteiger partial charge in [-0.25, -0.2) is 9.37 Å². The van der Waals surface area contributed by atoms with Crippen LogP contribution in [0.25, 0.3) is 0 Å². The molecular formula is C14H16FN3O2. The molecule has 0 fully saturated rings. The molecule has 106 valence electrons. The van der Waals surface area contributed by atoms with Crippen LogP contribution in [0.5, 0.6) is 0 Å². The molecule has 0 amide bonds. The quantitative estimate of drug-likeness (QED) is 0.802. The number of esters is 1. The smallest absolute Gasteiger partial charge is 0.321 e. The monoisotopic (exact) mass is 277 g/mol. The molecule has 0 saturated carbocycles. The largest absolute Gasteiger partial charge is 0.465 e. The van der Waals surface area contributed by atoms with E-state index in [0.717, 1.165) is 0 Å². The SMILES string of the molecule is CCOC(=O)C(c1ccccc1F)c1nc(C)nn1C. The Morgan fingerprint density at radius 1 is 1.45 bits per heavy atom. The summed E-state index contributed by atoms with van der Waals surface area (Å²) in [5.74, 6) is -1.03. The molecular weight excluding hydrogens is 261 g/mol. The molecule has 1 unspecified atom stereocenters. The van der Waals surface area contributed by atoms with Crippen molar-refractivity contribution in [3.05, 3.63) is 47.3 Å². The molecule has 1 atom stereocenters. The highest BCUT2D eigenvalue weighted by atomic mass is 19.1. The van der Waals surface area contributed by atoms with Crippen LogP contribution in [-0.4, -0.2) is 27.3 Å². The van der Waals surface area contributed by atoms with Gasteiger partial charge in [-0.1, -0.05) is 18.2 Å². The Hall–Kier alpha value is -2.24. The first-order valence-corrected chi connectivity index (χ1v) is 6.33. The van der Waals surface area contributed by atoms with Crippen molar-refractivity contribution in [3.8, 4) is 0 Å². The van der Waals surface area contributed by atoms with Gasteiger partial charge in [0.05, 0.1) is 6.61 Å². The van der Waals surface area contributed by atoms with Crippen molar-refractivity contribution in [1.29, 1.82) is 0 Å². The number of halogens is 1. The summed E-state index contributed by atoms with van der Waals surface area (Å²) < 4.78 is 20.5. The lowest BCUT2D eigenvalue weighted by molar-refractivity contribution is -0.144. The topological polar surface area (TPSA) is 57.0 Å². The Balaban J connectivity index is 2.53. The highest BCUT2D eigenvalue weighted by Crippen LogP contribution is 2.26. The van der Waals surface area contributed by atoms with Crippen LogP contribution in [-0.2, 0) is 16.6 Å². The summed E-state index contributed by atoms with van der Waals surface area (Å²) >= 11 is 0. The summed E-state index contributed by atoms with van der Waals surface area (Å²) in [5, 5.41) is 4.10. The molecule has 0 bridgehead atoms. The van der Waals surface area contributed by atoms with Crippen LogP contribution in [0.3, 0.4) is 0 Å². The van der Waals surface area contributed by atoms with E-state index in [4.69, 9.17) is 4.74 Å². The van der Waals surface area contributed by atoms with E-state index in [1.165, 1.54) is 10.7 Å². The minimum absolute atomic E-state index is 0.223. The van der Waals surface area contributed by atoms with Gasteiger partial charge < -0.3 is 4.74 Å². The van der Waals surface area contributed by atoms with E-state index >= 15 is 0 Å². The number of nitrogens with zero attached hydrogens (tertiary/aromatic N) is 3. The van der Waals surface area contributed by atoms with Gasteiger partial charge in [0.1, 0.15) is 23.4 Å². The normalized spacial score (nSPS) is 12.2. The maximum atomic E-state index is 14.0. The average molecular weight is 277 g/mol. The van der Waals surface area contributed by atoms with Gasteiger partial charge in [0.25, 0.3) is 0 Å². The minimum atomic E-state index is -0.914. The summed E-state index contributed by atoms with van der Waals surface area (Å²) in [6.07, 6.45) is 0. The van der Waals surface area contributed by atoms with Crippen molar-refractivity contribution in [3.63, 3.8) is 0 Å². The van der Waals surface area contributed by atoms with Gasteiger partial charge in [0.2, 0.25) is 0 Å². The summed E-state index contributed by atoms with van der Waals surface area (Å²) in [5.41, 5.74) is 0.237. The van der Waals surface area contributed by atoms with E-state index < -0.39 is 17.7 Å². The van der Waals surface area contributed by atoms with Gasteiger partial charge in [0, 0.05) is 12.6 Å². The molecule has 20 heavy (non-hydrogen) atoms. The van der Waals surface area contributed by atoms with Gasteiger partial charge >= 0.3 is 5.97 Å². The van der Waals surface area contributed by atoms with Crippen molar-refractivity contribution < 1.29 is 13.9 Å². The second kappa shape index (κ2) is 5.81. The molecule has 0 aliphatic carbocycles. The van der Waals surface area contributed by atoms with Crippen molar-refractivity contribution in [2.75, 3.05) is 6.61 Å².